The van der Waals surface area contributed by atoms with Crippen LogP contribution in [-0.4, -0.2) is 32.3 Å². The van der Waals surface area contributed by atoms with Gasteiger partial charge in [0.05, 0.1) is 6.61 Å². The highest BCUT2D eigenvalue weighted by atomic mass is 35.5. The summed E-state index contributed by atoms with van der Waals surface area (Å²) in [5.74, 6) is 0.908. The molecule has 1 rings (SSSR count). The monoisotopic (exact) mass is 273 g/mol. The number of rotatable bonds is 8. The normalized spacial score (nSPS) is 11.7. The molecule has 0 amide bonds. The molecule has 104 valence electrons. The molecule has 0 radical (unpaired) electrons. The largest absolute Gasteiger partial charge is 0.494 e. The highest BCUT2D eigenvalue weighted by Crippen LogP contribution is 2.12. The van der Waals surface area contributed by atoms with Gasteiger partial charge in [-0.15, -0.1) is 12.4 Å². The van der Waals surface area contributed by atoms with E-state index in [1.54, 1.807) is 0 Å². The summed E-state index contributed by atoms with van der Waals surface area (Å²) in [5, 5.41) is 3.21. The van der Waals surface area contributed by atoms with Crippen LogP contribution in [0, 0.1) is 0 Å². The molecule has 0 fully saturated rings. The topological polar surface area (TPSA) is 73.3 Å². The molecule has 0 aliphatic heterocycles. The van der Waals surface area contributed by atoms with Crippen LogP contribution >= 0.6 is 12.4 Å². The predicted octanol–water partition coefficient (Wildman–Crippen LogP) is 0.925. The predicted molar refractivity (Wildman–Crippen MR) is 78.5 cm³/mol. The van der Waals surface area contributed by atoms with E-state index < -0.39 is 0 Å². The first-order chi connectivity index (χ1) is 8.26. The smallest absolute Gasteiger partial charge is 0.119 e. The average molecular weight is 274 g/mol. The van der Waals surface area contributed by atoms with Crippen molar-refractivity contribution in [3.8, 4) is 5.75 Å². The summed E-state index contributed by atoms with van der Waals surface area (Å²) in [4.78, 5) is 0. The molecule has 1 aromatic carbocycles. The maximum Gasteiger partial charge on any atom is 0.119 e. The van der Waals surface area contributed by atoms with Gasteiger partial charge in [-0.25, -0.2) is 0 Å². The second kappa shape index (κ2) is 10.1. The summed E-state index contributed by atoms with van der Waals surface area (Å²) < 4.78 is 5.39. The maximum absolute atomic E-state index is 6.01. The molecule has 18 heavy (non-hydrogen) atoms. The zero-order valence-corrected chi connectivity index (χ0v) is 11.7. The van der Waals surface area contributed by atoms with E-state index in [1.165, 1.54) is 5.56 Å². The van der Waals surface area contributed by atoms with E-state index in [1.807, 2.05) is 19.1 Å². The van der Waals surface area contributed by atoms with Crippen molar-refractivity contribution < 1.29 is 4.74 Å². The summed E-state index contributed by atoms with van der Waals surface area (Å²) in [5.41, 5.74) is 12.6. The van der Waals surface area contributed by atoms with Crippen molar-refractivity contribution in [1.82, 2.24) is 5.32 Å². The lowest BCUT2D eigenvalue weighted by atomic mass is 10.1. The fourth-order valence-electron chi connectivity index (χ4n) is 1.65. The van der Waals surface area contributed by atoms with Crippen LogP contribution in [0.1, 0.15) is 12.5 Å². The third-order valence-electron chi connectivity index (χ3n) is 2.46. The molecule has 0 saturated heterocycles. The highest BCUT2D eigenvalue weighted by Gasteiger charge is 2.03. The number of nitrogens with one attached hydrogen (secondary N) is 1. The molecule has 0 bridgehead atoms. The van der Waals surface area contributed by atoms with Gasteiger partial charge in [0.2, 0.25) is 0 Å². The molecule has 1 unspecified atom stereocenters. The zero-order chi connectivity index (χ0) is 12.5. The number of benzene rings is 1. The van der Waals surface area contributed by atoms with E-state index in [4.69, 9.17) is 16.2 Å². The second-order valence-corrected chi connectivity index (χ2v) is 4.03. The van der Waals surface area contributed by atoms with E-state index in [9.17, 15) is 0 Å². The zero-order valence-electron chi connectivity index (χ0n) is 10.9. The molecule has 0 aromatic heterocycles. The molecule has 1 aromatic rings. The number of ether oxygens (including phenoxy) is 1. The number of halogens is 1. The van der Waals surface area contributed by atoms with Gasteiger partial charge in [0.1, 0.15) is 5.75 Å². The van der Waals surface area contributed by atoms with Gasteiger partial charge in [-0.2, -0.15) is 0 Å². The van der Waals surface area contributed by atoms with Crippen LogP contribution in [-0.2, 0) is 6.42 Å². The van der Waals surface area contributed by atoms with Crippen LogP contribution in [0.4, 0.5) is 0 Å². The van der Waals surface area contributed by atoms with Crippen LogP contribution in [0.25, 0.3) is 0 Å². The Bertz CT molecular complexity index is 306. The van der Waals surface area contributed by atoms with E-state index in [-0.39, 0.29) is 18.4 Å². The fourth-order valence-corrected chi connectivity index (χ4v) is 1.65. The molecule has 0 saturated carbocycles. The van der Waals surface area contributed by atoms with Gasteiger partial charge in [-0.3, -0.25) is 0 Å². The molecular formula is C13H24ClN3O. The van der Waals surface area contributed by atoms with Crippen molar-refractivity contribution in [2.75, 3.05) is 26.2 Å². The fraction of sp³-hybridized carbons (Fsp3) is 0.538. The molecule has 4 nitrogen and oxygen atoms in total. The minimum atomic E-state index is 0. The van der Waals surface area contributed by atoms with Gasteiger partial charge >= 0.3 is 0 Å². The minimum absolute atomic E-state index is 0. The molecular weight excluding hydrogens is 250 g/mol. The van der Waals surface area contributed by atoms with Crippen LogP contribution in [0.2, 0.25) is 0 Å². The quantitative estimate of drug-likeness (QED) is 0.616. The summed E-state index contributed by atoms with van der Waals surface area (Å²) in [6, 6.07) is 8.22. The van der Waals surface area contributed by atoms with Gasteiger partial charge in [0.15, 0.2) is 0 Å². The van der Waals surface area contributed by atoms with E-state index >= 15 is 0 Å². The molecule has 0 heterocycles. The van der Waals surface area contributed by atoms with Crippen molar-refractivity contribution >= 4 is 12.4 Å². The Kier molecular flexibility index (Phi) is 9.69. The maximum atomic E-state index is 6.01. The standard InChI is InChI=1S/C13H23N3O.ClH/c1-2-17-13-5-3-11(4-6-13)9-12(15)10-16-8-7-14;/h3-6,12,16H,2,7-10,14-15H2,1H3;1H. The summed E-state index contributed by atoms with van der Waals surface area (Å²) in [6.07, 6.45) is 0.865. The minimum Gasteiger partial charge on any atom is -0.494 e. The van der Waals surface area contributed by atoms with E-state index in [0.29, 0.717) is 13.2 Å². The summed E-state index contributed by atoms with van der Waals surface area (Å²) in [7, 11) is 0. The second-order valence-electron chi connectivity index (χ2n) is 4.03. The lowest BCUT2D eigenvalue weighted by Crippen LogP contribution is -2.37. The van der Waals surface area contributed by atoms with E-state index in [2.05, 4.69) is 17.4 Å². The molecule has 5 heteroatoms. The Morgan fingerprint density at radius 3 is 2.50 bits per heavy atom. The van der Waals surface area contributed by atoms with Crippen molar-refractivity contribution in [3.05, 3.63) is 29.8 Å². The lowest BCUT2D eigenvalue weighted by molar-refractivity contribution is 0.340. The van der Waals surface area contributed by atoms with Crippen molar-refractivity contribution in [2.24, 2.45) is 11.5 Å². The Hall–Kier alpha value is -0.810. The summed E-state index contributed by atoms with van der Waals surface area (Å²) in [6.45, 7) is 4.94. The highest BCUT2D eigenvalue weighted by molar-refractivity contribution is 5.85. The average Bonchev–Trinajstić information content (AvgIpc) is 2.32. The van der Waals surface area contributed by atoms with Gasteiger partial charge in [0, 0.05) is 25.7 Å². The van der Waals surface area contributed by atoms with Gasteiger partial charge in [-0.1, -0.05) is 12.1 Å². The van der Waals surface area contributed by atoms with Crippen LogP contribution < -0.4 is 21.5 Å². The van der Waals surface area contributed by atoms with Crippen molar-refractivity contribution in [1.29, 1.82) is 0 Å². The molecule has 0 spiro atoms. The summed E-state index contributed by atoms with van der Waals surface area (Å²) >= 11 is 0. The lowest BCUT2D eigenvalue weighted by Gasteiger charge is -2.12. The first-order valence-electron chi connectivity index (χ1n) is 6.14. The van der Waals surface area contributed by atoms with Crippen molar-refractivity contribution in [2.45, 2.75) is 19.4 Å². The Balaban J connectivity index is 0.00000289. The number of hydrogen-bond acceptors (Lipinski definition) is 4. The Morgan fingerprint density at radius 2 is 1.94 bits per heavy atom. The third-order valence-corrected chi connectivity index (χ3v) is 2.46. The Morgan fingerprint density at radius 1 is 1.28 bits per heavy atom. The molecule has 5 N–H and O–H groups in total. The molecule has 0 aliphatic rings. The molecule has 0 aliphatic carbocycles. The van der Waals surface area contributed by atoms with Crippen LogP contribution in [0.15, 0.2) is 24.3 Å². The van der Waals surface area contributed by atoms with Gasteiger partial charge in [-0.05, 0) is 31.0 Å². The Labute approximate surface area is 115 Å². The first-order valence-corrected chi connectivity index (χ1v) is 6.14. The SMILES string of the molecule is CCOc1ccc(CC(N)CNCCN)cc1.Cl. The number of nitrogens with two attached hydrogens (primary N) is 2. The van der Waals surface area contributed by atoms with Gasteiger partial charge < -0.3 is 21.5 Å². The molecule has 1 atom stereocenters. The van der Waals surface area contributed by atoms with Crippen LogP contribution in [0.3, 0.4) is 0 Å². The van der Waals surface area contributed by atoms with Crippen molar-refractivity contribution in [3.63, 3.8) is 0 Å². The van der Waals surface area contributed by atoms with E-state index in [0.717, 1.165) is 25.3 Å². The third kappa shape index (κ3) is 6.81. The van der Waals surface area contributed by atoms with Crippen LogP contribution in [0.5, 0.6) is 5.75 Å². The van der Waals surface area contributed by atoms with Gasteiger partial charge in [0.25, 0.3) is 0 Å². The first kappa shape index (κ1) is 17.2. The number of hydrogen-bond donors (Lipinski definition) is 3.